The van der Waals surface area contributed by atoms with Crippen LogP contribution in [0.4, 0.5) is 5.13 Å². The van der Waals surface area contributed by atoms with E-state index in [9.17, 15) is 19.5 Å². The summed E-state index contributed by atoms with van der Waals surface area (Å²) < 4.78 is 16.7. The number of ketones is 1. The molecule has 2 heterocycles. The molecular weight excluding hydrogens is 592 g/mol. The maximum atomic E-state index is 13.7. The van der Waals surface area contributed by atoms with Gasteiger partial charge in [-0.15, -0.1) is 0 Å². The quantitative estimate of drug-likeness (QED) is 0.0644. The molecule has 10 heteroatoms. The van der Waals surface area contributed by atoms with Crippen molar-refractivity contribution in [2.45, 2.75) is 33.4 Å². The van der Waals surface area contributed by atoms with E-state index < -0.39 is 23.7 Å². The minimum absolute atomic E-state index is 0.0116. The van der Waals surface area contributed by atoms with Crippen LogP contribution < -0.4 is 14.4 Å². The standard InChI is InChI=1S/C35H32N2O7S/c1-5-18-43-34(41)32-22(4)36-35(45-32)37-29(24-12-15-26(16-13-24)42-6-2)28(31(39)33(37)40)30(38)25-14-17-27(21(3)19-25)44-20-23-10-8-7-9-11-23/h5,7-17,19,29,38H,1,6,18,20H2,2-4H3/b30-28+. The number of esters is 1. The molecule has 1 N–H and O–H groups in total. The second-order valence-electron chi connectivity index (χ2n) is 10.2. The number of carbonyl (C=O) groups excluding carboxylic acids is 3. The van der Waals surface area contributed by atoms with Crippen LogP contribution in [0.1, 0.15) is 50.6 Å². The summed E-state index contributed by atoms with van der Waals surface area (Å²) in [5.74, 6) is -1.49. The van der Waals surface area contributed by atoms with Crippen LogP contribution >= 0.6 is 11.3 Å². The van der Waals surface area contributed by atoms with Crippen molar-refractivity contribution in [3.63, 3.8) is 0 Å². The maximum absolute atomic E-state index is 13.7. The lowest BCUT2D eigenvalue weighted by Gasteiger charge is -2.23. The van der Waals surface area contributed by atoms with Crippen molar-refractivity contribution in [3.05, 3.63) is 124 Å². The van der Waals surface area contributed by atoms with Crippen molar-refractivity contribution < 1.29 is 33.7 Å². The van der Waals surface area contributed by atoms with Crippen LogP contribution in [0, 0.1) is 13.8 Å². The van der Waals surface area contributed by atoms with Crippen molar-refractivity contribution in [1.29, 1.82) is 0 Å². The molecule has 3 aromatic carbocycles. The molecule has 1 saturated heterocycles. The number of nitrogens with zero attached hydrogens (tertiary/aromatic N) is 2. The first kappa shape index (κ1) is 31.2. The number of anilines is 1. The summed E-state index contributed by atoms with van der Waals surface area (Å²) in [6.45, 7) is 9.72. The van der Waals surface area contributed by atoms with Crippen molar-refractivity contribution in [1.82, 2.24) is 4.98 Å². The topological polar surface area (TPSA) is 115 Å². The number of amides is 1. The number of ether oxygens (including phenoxy) is 3. The first-order valence-corrected chi connectivity index (χ1v) is 15.1. The third-order valence-corrected chi connectivity index (χ3v) is 8.28. The highest BCUT2D eigenvalue weighted by molar-refractivity contribution is 7.17. The number of aryl methyl sites for hydroxylation is 2. The van der Waals surface area contributed by atoms with Gasteiger partial charge in [0.05, 0.1) is 23.9 Å². The molecule has 45 heavy (non-hydrogen) atoms. The Morgan fingerprint density at radius 2 is 1.78 bits per heavy atom. The summed E-state index contributed by atoms with van der Waals surface area (Å²) in [6.07, 6.45) is 1.45. The van der Waals surface area contributed by atoms with Crippen molar-refractivity contribution in [2.75, 3.05) is 18.1 Å². The zero-order valence-corrected chi connectivity index (χ0v) is 25.9. The van der Waals surface area contributed by atoms with Gasteiger partial charge in [-0.2, -0.15) is 0 Å². The maximum Gasteiger partial charge on any atom is 0.350 e. The molecule has 1 unspecified atom stereocenters. The van der Waals surface area contributed by atoms with E-state index in [-0.39, 0.29) is 27.9 Å². The lowest BCUT2D eigenvalue weighted by atomic mass is 9.95. The Labute approximate surface area is 265 Å². The van der Waals surface area contributed by atoms with E-state index in [0.717, 1.165) is 22.5 Å². The van der Waals surface area contributed by atoms with Gasteiger partial charge in [-0.25, -0.2) is 9.78 Å². The Morgan fingerprint density at radius 1 is 1.04 bits per heavy atom. The Kier molecular flexibility index (Phi) is 9.44. The van der Waals surface area contributed by atoms with Crippen LogP contribution in [-0.2, 0) is 20.9 Å². The number of Topliss-reactive ketones (excluding diaryl/α,β-unsaturated/α-hetero) is 1. The molecular formula is C35H32N2O7S. The smallest absolute Gasteiger partial charge is 0.350 e. The molecule has 1 aliphatic heterocycles. The molecule has 0 radical (unpaired) electrons. The second-order valence-corrected chi connectivity index (χ2v) is 11.2. The predicted molar refractivity (Wildman–Crippen MR) is 172 cm³/mol. The Bertz CT molecular complexity index is 1780. The van der Waals surface area contributed by atoms with Gasteiger partial charge >= 0.3 is 11.9 Å². The van der Waals surface area contributed by atoms with Crippen molar-refractivity contribution in [2.24, 2.45) is 0 Å². The molecule has 9 nitrogen and oxygen atoms in total. The van der Waals surface area contributed by atoms with E-state index >= 15 is 0 Å². The van der Waals surface area contributed by atoms with Gasteiger partial charge in [-0.3, -0.25) is 14.5 Å². The van der Waals surface area contributed by atoms with E-state index in [1.807, 2.05) is 44.2 Å². The fraction of sp³-hybridized carbons (Fsp3) is 0.200. The zero-order valence-electron chi connectivity index (χ0n) is 25.1. The molecule has 1 fully saturated rings. The summed E-state index contributed by atoms with van der Waals surface area (Å²) in [6, 6.07) is 20.7. The number of carbonyl (C=O) groups is 3. The molecule has 1 atom stereocenters. The highest BCUT2D eigenvalue weighted by Gasteiger charge is 2.48. The zero-order chi connectivity index (χ0) is 32.1. The first-order valence-electron chi connectivity index (χ1n) is 14.3. The van der Waals surface area contributed by atoms with Crippen LogP contribution in [0.2, 0.25) is 0 Å². The minimum Gasteiger partial charge on any atom is -0.507 e. The Morgan fingerprint density at radius 3 is 2.44 bits per heavy atom. The van der Waals surface area contributed by atoms with Crippen LogP contribution in [0.3, 0.4) is 0 Å². The number of hydrogen-bond donors (Lipinski definition) is 1. The monoisotopic (exact) mass is 624 g/mol. The normalized spacial score (nSPS) is 15.6. The van der Waals surface area contributed by atoms with E-state index in [2.05, 4.69) is 11.6 Å². The first-order chi connectivity index (χ1) is 21.7. The molecule has 5 rings (SSSR count). The third kappa shape index (κ3) is 6.51. The minimum atomic E-state index is -1.03. The predicted octanol–water partition coefficient (Wildman–Crippen LogP) is 6.71. The summed E-state index contributed by atoms with van der Waals surface area (Å²) >= 11 is 0.936. The molecule has 4 aromatic rings. The number of aliphatic hydroxyl groups is 1. The molecule has 1 amide bonds. The molecule has 230 valence electrons. The number of benzene rings is 3. The average molecular weight is 625 g/mol. The van der Waals surface area contributed by atoms with E-state index in [4.69, 9.17) is 14.2 Å². The molecule has 0 bridgehead atoms. The highest BCUT2D eigenvalue weighted by Crippen LogP contribution is 2.44. The summed E-state index contributed by atoms with van der Waals surface area (Å²) in [4.78, 5) is 45.8. The van der Waals surface area contributed by atoms with Crippen LogP contribution in [0.15, 0.2) is 91.0 Å². The summed E-state index contributed by atoms with van der Waals surface area (Å²) in [5.41, 5.74) is 2.87. The van der Waals surface area contributed by atoms with Crippen molar-refractivity contribution in [3.8, 4) is 11.5 Å². The van der Waals surface area contributed by atoms with Gasteiger partial charge in [0.15, 0.2) is 5.13 Å². The second kappa shape index (κ2) is 13.6. The molecule has 0 aliphatic carbocycles. The van der Waals surface area contributed by atoms with Gasteiger partial charge < -0.3 is 19.3 Å². The van der Waals surface area contributed by atoms with Gasteiger partial charge in [-0.1, -0.05) is 66.5 Å². The van der Waals surface area contributed by atoms with Gasteiger partial charge in [-0.05, 0) is 67.8 Å². The number of thiazole rings is 1. The number of aromatic nitrogens is 1. The van der Waals surface area contributed by atoms with Crippen LogP contribution in [0.25, 0.3) is 5.76 Å². The fourth-order valence-electron chi connectivity index (χ4n) is 4.98. The van der Waals surface area contributed by atoms with Crippen molar-refractivity contribution >= 4 is 39.9 Å². The van der Waals surface area contributed by atoms with Gasteiger partial charge in [0.25, 0.3) is 5.78 Å². The number of rotatable bonds is 11. The Hall–Kier alpha value is -5.22. The fourth-order valence-corrected chi connectivity index (χ4v) is 5.97. The lowest BCUT2D eigenvalue weighted by Crippen LogP contribution is -2.29. The van der Waals surface area contributed by atoms with Crippen LogP contribution in [0.5, 0.6) is 11.5 Å². The molecule has 0 spiro atoms. The Balaban J connectivity index is 1.56. The lowest BCUT2D eigenvalue weighted by molar-refractivity contribution is -0.132. The highest BCUT2D eigenvalue weighted by atomic mass is 32.1. The number of hydrogen-bond acceptors (Lipinski definition) is 9. The average Bonchev–Trinajstić information content (AvgIpc) is 3.55. The van der Waals surface area contributed by atoms with E-state index in [0.29, 0.717) is 41.5 Å². The SMILES string of the molecule is C=CCOC(=O)c1sc(N2C(=O)C(=O)/C(=C(/O)c3ccc(OCc4ccccc4)c(C)c3)C2c2ccc(OCC)cc2)nc1C. The van der Waals surface area contributed by atoms with Gasteiger partial charge in [0, 0.05) is 5.56 Å². The summed E-state index contributed by atoms with van der Waals surface area (Å²) in [5, 5.41) is 11.7. The van der Waals surface area contributed by atoms with Gasteiger partial charge in [0.1, 0.15) is 35.3 Å². The summed E-state index contributed by atoms with van der Waals surface area (Å²) in [7, 11) is 0. The molecule has 1 aromatic heterocycles. The van der Waals surface area contributed by atoms with E-state index in [1.54, 1.807) is 49.4 Å². The van der Waals surface area contributed by atoms with E-state index in [1.165, 1.54) is 11.0 Å². The van der Waals surface area contributed by atoms with Gasteiger partial charge in [0.2, 0.25) is 0 Å². The largest absolute Gasteiger partial charge is 0.507 e. The number of aliphatic hydroxyl groups excluding tert-OH is 1. The molecule has 0 saturated carbocycles. The third-order valence-electron chi connectivity index (χ3n) is 7.15. The van der Waals surface area contributed by atoms with Crippen LogP contribution in [-0.4, -0.2) is 41.0 Å². The molecule has 1 aliphatic rings.